The third-order valence-corrected chi connectivity index (χ3v) is 4.21. The molecule has 0 spiro atoms. The van der Waals surface area contributed by atoms with Crippen molar-refractivity contribution in [2.24, 2.45) is 0 Å². The predicted molar refractivity (Wildman–Crippen MR) is 80.1 cm³/mol. The van der Waals surface area contributed by atoms with Crippen molar-refractivity contribution in [3.8, 4) is 10.4 Å². The van der Waals surface area contributed by atoms with Crippen LogP contribution in [0.4, 0.5) is 0 Å². The van der Waals surface area contributed by atoms with Gasteiger partial charge in [-0.1, -0.05) is 26.2 Å². The van der Waals surface area contributed by atoms with Crippen molar-refractivity contribution in [1.82, 2.24) is 4.98 Å². The lowest BCUT2D eigenvalue weighted by molar-refractivity contribution is 0.668. The van der Waals surface area contributed by atoms with E-state index in [4.69, 9.17) is 0 Å². The number of hydrogen-bond donors (Lipinski definition) is 0. The van der Waals surface area contributed by atoms with E-state index >= 15 is 0 Å². The molecule has 0 N–H and O–H groups in total. The third-order valence-electron chi connectivity index (χ3n) is 3.21. The van der Waals surface area contributed by atoms with Crippen LogP contribution in [0.5, 0.6) is 0 Å². The first-order valence-corrected chi connectivity index (χ1v) is 7.68. The SMILES string of the molecule is CCCCCCc1ccsc1-c1ccnc(C)c1. The second-order valence-corrected chi connectivity index (χ2v) is 5.69. The summed E-state index contributed by atoms with van der Waals surface area (Å²) < 4.78 is 0. The lowest BCUT2D eigenvalue weighted by Crippen LogP contribution is -1.87. The molecule has 2 aromatic rings. The number of aromatic nitrogens is 1. The van der Waals surface area contributed by atoms with Crippen LogP contribution in [-0.4, -0.2) is 4.98 Å². The van der Waals surface area contributed by atoms with Crippen LogP contribution in [-0.2, 0) is 6.42 Å². The normalized spacial score (nSPS) is 10.8. The first kappa shape index (κ1) is 13.3. The van der Waals surface area contributed by atoms with Gasteiger partial charge in [0.1, 0.15) is 0 Å². The van der Waals surface area contributed by atoms with Crippen LogP contribution in [0, 0.1) is 6.92 Å². The number of hydrogen-bond acceptors (Lipinski definition) is 2. The summed E-state index contributed by atoms with van der Waals surface area (Å²) in [5.74, 6) is 0. The van der Waals surface area contributed by atoms with Gasteiger partial charge in [0, 0.05) is 16.8 Å². The van der Waals surface area contributed by atoms with E-state index < -0.39 is 0 Å². The van der Waals surface area contributed by atoms with E-state index in [0.29, 0.717) is 0 Å². The number of aryl methyl sites for hydroxylation is 2. The smallest absolute Gasteiger partial charge is 0.0379 e. The highest BCUT2D eigenvalue weighted by Crippen LogP contribution is 2.30. The van der Waals surface area contributed by atoms with Gasteiger partial charge in [0.05, 0.1) is 0 Å². The van der Waals surface area contributed by atoms with Gasteiger partial charge in [-0.3, -0.25) is 4.98 Å². The standard InChI is InChI=1S/C16H21NS/c1-3-4-5-6-7-14-9-11-18-16(14)15-8-10-17-13(2)12-15/h8-12H,3-7H2,1-2H3. The minimum atomic E-state index is 1.10. The van der Waals surface area contributed by atoms with Crippen molar-refractivity contribution in [1.29, 1.82) is 0 Å². The average molecular weight is 259 g/mol. The molecule has 2 heterocycles. The van der Waals surface area contributed by atoms with E-state index in [1.165, 1.54) is 48.1 Å². The quantitative estimate of drug-likeness (QED) is 0.646. The fourth-order valence-corrected chi connectivity index (χ4v) is 3.17. The van der Waals surface area contributed by atoms with Crippen LogP contribution in [0.25, 0.3) is 10.4 Å². The molecule has 18 heavy (non-hydrogen) atoms. The fraction of sp³-hybridized carbons (Fsp3) is 0.438. The van der Waals surface area contributed by atoms with Crippen LogP contribution in [0.1, 0.15) is 43.9 Å². The molecule has 0 bridgehead atoms. The first-order valence-electron chi connectivity index (χ1n) is 6.80. The van der Waals surface area contributed by atoms with Crippen LogP contribution in [0.2, 0.25) is 0 Å². The Labute approximate surface area is 114 Å². The van der Waals surface area contributed by atoms with Gasteiger partial charge >= 0.3 is 0 Å². The van der Waals surface area contributed by atoms with Gasteiger partial charge in [-0.25, -0.2) is 0 Å². The summed E-state index contributed by atoms with van der Waals surface area (Å²) in [5, 5.41) is 2.21. The van der Waals surface area contributed by atoms with Gasteiger partial charge in [-0.05, 0) is 54.5 Å². The maximum absolute atomic E-state index is 4.27. The van der Waals surface area contributed by atoms with Gasteiger partial charge in [0.25, 0.3) is 0 Å². The highest BCUT2D eigenvalue weighted by molar-refractivity contribution is 7.13. The molecule has 96 valence electrons. The molecule has 0 saturated heterocycles. The largest absolute Gasteiger partial charge is 0.262 e. The maximum atomic E-state index is 4.27. The molecule has 0 fully saturated rings. The highest BCUT2D eigenvalue weighted by atomic mass is 32.1. The molecular weight excluding hydrogens is 238 g/mol. The van der Waals surface area contributed by atoms with Crippen molar-refractivity contribution < 1.29 is 0 Å². The Morgan fingerprint density at radius 2 is 2.06 bits per heavy atom. The number of nitrogens with zero attached hydrogens (tertiary/aromatic N) is 1. The van der Waals surface area contributed by atoms with Crippen molar-refractivity contribution in [3.05, 3.63) is 41.0 Å². The molecule has 2 heteroatoms. The Bertz CT molecular complexity index is 487. The minimum absolute atomic E-state index is 1.10. The van der Waals surface area contributed by atoms with Crippen LogP contribution < -0.4 is 0 Å². The molecule has 2 aromatic heterocycles. The monoisotopic (exact) mass is 259 g/mol. The molecule has 0 aliphatic heterocycles. The number of rotatable bonds is 6. The second-order valence-electron chi connectivity index (χ2n) is 4.77. The van der Waals surface area contributed by atoms with Crippen LogP contribution >= 0.6 is 11.3 Å². The Kier molecular flexibility index (Phi) is 4.94. The lowest BCUT2D eigenvalue weighted by atomic mass is 10.0. The summed E-state index contributed by atoms with van der Waals surface area (Å²) >= 11 is 1.85. The second kappa shape index (κ2) is 6.69. The molecule has 0 amide bonds. The molecule has 0 atom stereocenters. The summed E-state index contributed by atoms with van der Waals surface area (Å²) in [6.45, 7) is 4.31. The van der Waals surface area contributed by atoms with Gasteiger partial charge in [0.15, 0.2) is 0 Å². The minimum Gasteiger partial charge on any atom is -0.262 e. The van der Waals surface area contributed by atoms with Gasteiger partial charge in [-0.2, -0.15) is 0 Å². The van der Waals surface area contributed by atoms with E-state index in [1.54, 1.807) is 0 Å². The molecule has 0 aliphatic carbocycles. The molecular formula is C16H21NS. The average Bonchev–Trinajstić information content (AvgIpc) is 2.83. The zero-order valence-electron chi connectivity index (χ0n) is 11.3. The van der Waals surface area contributed by atoms with E-state index in [-0.39, 0.29) is 0 Å². The van der Waals surface area contributed by atoms with Crippen molar-refractivity contribution in [2.75, 3.05) is 0 Å². The van der Waals surface area contributed by atoms with Crippen LogP contribution in [0.3, 0.4) is 0 Å². The highest BCUT2D eigenvalue weighted by Gasteiger charge is 2.07. The predicted octanol–water partition coefficient (Wildman–Crippen LogP) is 5.24. The Hall–Kier alpha value is -1.15. The van der Waals surface area contributed by atoms with E-state index in [0.717, 1.165) is 5.69 Å². The fourth-order valence-electron chi connectivity index (χ4n) is 2.21. The summed E-state index contributed by atoms with van der Waals surface area (Å²) in [7, 11) is 0. The van der Waals surface area contributed by atoms with Gasteiger partial charge in [-0.15, -0.1) is 11.3 Å². The number of thiophene rings is 1. The maximum Gasteiger partial charge on any atom is 0.0379 e. The van der Waals surface area contributed by atoms with Crippen molar-refractivity contribution in [2.45, 2.75) is 46.0 Å². The lowest BCUT2D eigenvalue weighted by Gasteiger charge is -2.04. The molecule has 1 nitrogen and oxygen atoms in total. The molecule has 0 saturated carbocycles. The topological polar surface area (TPSA) is 12.9 Å². The Morgan fingerprint density at radius 1 is 1.17 bits per heavy atom. The number of pyridine rings is 1. The Balaban J connectivity index is 2.08. The zero-order chi connectivity index (χ0) is 12.8. The number of unbranched alkanes of at least 4 members (excludes halogenated alkanes) is 3. The molecule has 2 rings (SSSR count). The van der Waals surface area contributed by atoms with E-state index in [1.807, 2.05) is 17.5 Å². The van der Waals surface area contributed by atoms with E-state index in [2.05, 4.69) is 42.4 Å². The summed E-state index contributed by atoms with van der Waals surface area (Å²) in [6, 6.07) is 6.58. The van der Waals surface area contributed by atoms with E-state index in [9.17, 15) is 0 Å². The zero-order valence-corrected chi connectivity index (χ0v) is 12.1. The first-order chi connectivity index (χ1) is 8.81. The van der Waals surface area contributed by atoms with Crippen LogP contribution in [0.15, 0.2) is 29.8 Å². The third kappa shape index (κ3) is 3.42. The molecule has 0 aliphatic rings. The van der Waals surface area contributed by atoms with Crippen molar-refractivity contribution >= 4 is 11.3 Å². The molecule has 0 radical (unpaired) electrons. The summed E-state index contributed by atoms with van der Waals surface area (Å²) in [6.07, 6.45) is 8.43. The van der Waals surface area contributed by atoms with Gasteiger partial charge in [0.2, 0.25) is 0 Å². The Morgan fingerprint density at radius 3 is 2.83 bits per heavy atom. The van der Waals surface area contributed by atoms with Gasteiger partial charge < -0.3 is 0 Å². The molecule has 0 unspecified atom stereocenters. The van der Waals surface area contributed by atoms with Crippen molar-refractivity contribution in [3.63, 3.8) is 0 Å². The summed E-state index contributed by atoms with van der Waals surface area (Å²) in [4.78, 5) is 5.70. The summed E-state index contributed by atoms with van der Waals surface area (Å²) in [5.41, 5.74) is 3.92. The molecule has 0 aromatic carbocycles.